The molecule has 0 spiro atoms. The molecule has 0 unspecified atom stereocenters. The molecule has 3 rings (SSSR count). The maximum Gasteiger partial charge on any atom is 0.320 e. The molecule has 0 bridgehead atoms. The Bertz CT molecular complexity index is 1230. The molecular formula is C25H28F2N4O5. The van der Waals surface area contributed by atoms with Gasteiger partial charge in [-0.3, -0.25) is 9.59 Å². The average molecular weight is 503 g/mol. The van der Waals surface area contributed by atoms with Crippen LogP contribution in [0.4, 0.5) is 14.6 Å². The minimum absolute atomic E-state index is 0.0119. The number of halogens is 2. The van der Waals surface area contributed by atoms with E-state index < -0.39 is 35.5 Å². The Kier molecular flexibility index (Phi) is 8.73. The minimum atomic E-state index is -0.993. The van der Waals surface area contributed by atoms with Gasteiger partial charge in [0.15, 0.2) is 11.6 Å². The number of aliphatic carboxylic acids is 1. The molecule has 0 aliphatic carbocycles. The number of carboxylic acid groups (broad SMARTS) is 1. The Morgan fingerprint density at radius 2 is 1.94 bits per heavy atom. The van der Waals surface area contributed by atoms with Gasteiger partial charge in [0.05, 0.1) is 11.8 Å². The van der Waals surface area contributed by atoms with Gasteiger partial charge >= 0.3 is 5.97 Å². The molecule has 0 aliphatic heterocycles. The predicted molar refractivity (Wildman–Crippen MR) is 128 cm³/mol. The molecule has 192 valence electrons. The zero-order valence-corrected chi connectivity index (χ0v) is 19.8. The molecule has 0 amide bonds. The van der Waals surface area contributed by atoms with Crippen LogP contribution >= 0.6 is 0 Å². The normalized spacial score (nSPS) is 12.9. The lowest BCUT2D eigenvalue weighted by Crippen LogP contribution is -2.43. The maximum absolute atomic E-state index is 14.1. The molecule has 0 aliphatic rings. The first-order chi connectivity index (χ1) is 17.1. The molecule has 2 aromatic carbocycles. The van der Waals surface area contributed by atoms with Crippen molar-refractivity contribution in [3.8, 4) is 11.4 Å². The van der Waals surface area contributed by atoms with E-state index >= 15 is 0 Å². The first-order valence-electron chi connectivity index (χ1n) is 11.3. The predicted octanol–water partition coefficient (Wildman–Crippen LogP) is 2.79. The number of aromatic nitrogens is 2. The van der Waals surface area contributed by atoms with Crippen LogP contribution in [0, 0.1) is 17.6 Å². The molecule has 1 heterocycles. The van der Waals surface area contributed by atoms with E-state index in [0.717, 1.165) is 10.7 Å². The van der Waals surface area contributed by atoms with Crippen LogP contribution in [-0.2, 0) is 4.79 Å². The summed E-state index contributed by atoms with van der Waals surface area (Å²) in [6, 6.07) is 8.29. The summed E-state index contributed by atoms with van der Waals surface area (Å²) in [4.78, 5) is 24.3. The highest BCUT2D eigenvalue weighted by molar-refractivity contribution is 6.11. The lowest BCUT2D eigenvalue weighted by Gasteiger charge is -2.19. The van der Waals surface area contributed by atoms with Crippen LogP contribution in [0.25, 0.3) is 5.69 Å². The van der Waals surface area contributed by atoms with E-state index in [1.807, 2.05) is 13.8 Å². The number of nitrogens with two attached hydrogens (primary N) is 1. The van der Waals surface area contributed by atoms with E-state index in [4.69, 9.17) is 10.5 Å². The summed E-state index contributed by atoms with van der Waals surface area (Å²) in [5.74, 6) is -2.78. The molecule has 5 N–H and O–H groups in total. The fraction of sp³-hybridized carbons (Fsp3) is 0.320. The molecule has 9 nitrogen and oxygen atoms in total. The summed E-state index contributed by atoms with van der Waals surface area (Å²) in [5, 5.41) is 26.2. The van der Waals surface area contributed by atoms with Gasteiger partial charge in [-0.05, 0) is 36.6 Å². The third-order valence-corrected chi connectivity index (χ3v) is 5.33. The monoisotopic (exact) mass is 502 g/mol. The Morgan fingerprint density at radius 1 is 1.19 bits per heavy atom. The van der Waals surface area contributed by atoms with E-state index in [1.165, 1.54) is 24.4 Å². The number of nitrogens with one attached hydrogen (secondary N) is 1. The molecule has 0 saturated carbocycles. The summed E-state index contributed by atoms with van der Waals surface area (Å²) < 4.78 is 33.9. The molecule has 11 heteroatoms. The number of aliphatic hydroxyl groups excluding tert-OH is 1. The lowest BCUT2D eigenvalue weighted by molar-refractivity contribution is -0.140. The smallest absolute Gasteiger partial charge is 0.320 e. The number of nitrogens with zero attached hydrogens (tertiary/aromatic N) is 2. The summed E-state index contributed by atoms with van der Waals surface area (Å²) in [5.41, 5.74) is 6.16. The second-order valence-electron chi connectivity index (χ2n) is 8.70. The third-order valence-electron chi connectivity index (χ3n) is 5.33. The molecule has 0 radical (unpaired) electrons. The van der Waals surface area contributed by atoms with Gasteiger partial charge in [0.25, 0.3) is 0 Å². The lowest BCUT2D eigenvalue weighted by atomic mass is 10.0. The van der Waals surface area contributed by atoms with Crippen molar-refractivity contribution in [2.45, 2.75) is 32.4 Å². The van der Waals surface area contributed by atoms with Crippen molar-refractivity contribution >= 4 is 17.6 Å². The van der Waals surface area contributed by atoms with Gasteiger partial charge in [-0.25, -0.2) is 13.5 Å². The number of carbonyl (C=O) groups is 2. The third kappa shape index (κ3) is 6.64. The Balaban J connectivity index is 1.65. The van der Waals surface area contributed by atoms with Gasteiger partial charge in [-0.15, -0.1) is 0 Å². The van der Waals surface area contributed by atoms with Crippen LogP contribution in [0.5, 0.6) is 5.75 Å². The van der Waals surface area contributed by atoms with Crippen molar-refractivity contribution in [2.75, 3.05) is 18.9 Å². The summed E-state index contributed by atoms with van der Waals surface area (Å²) in [6.45, 7) is 3.69. The zero-order valence-electron chi connectivity index (χ0n) is 19.8. The van der Waals surface area contributed by atoms with Crippen LogP contribution in [0.2, 0.25) is 0 Å². The Hall–Kier alpha value is -3.83. The van der Waals surface area contributed by atoms with Gasteiger partial charge in [0, 0.05) is 18.2 Å². The molecule has 0 fully saturated rings. The highest BCUT2D eigenvalue weighted by atomic mass is 19.1. The van der Waals surface area contributed by atoms with Gasteiger partial charge in [-0.2, -0.15) is 5.10 Å². The Morgan fingerprint density at radius 3 is 2.61 bits per heavy atom. The second kappa shape index (κ2) is 11.7. The van der Waals surface area contributed by atoms with Gasteiger partial charge < -0.3 is 26.0 Å². The number of hydrogen-bond donors (Lipinski definition) is 4. The summed E-state index contributed by atoms with van der Waals surface area (Å²) >= 11 is 0. The number of hydrogen-bond acceptors (Lipinski definition) is 7. The highest BCUT2D eigenvalue weighted by Crippen LogP contribution is 2.24. The Labute approximate surface area is 206 Å². The molecule has 36 heavy (non-hydrogen) atoms. The standard InChI is InChI=1S/C25H28F2N4O5/c1-14(2)8-21(25(34)35)29-11-17(32)13-36-18-5-3-4-15(9-18)23(33)19-12-30-31(24(19)28)22-7-6-16(26)10-20(22)27/h3-7,9-10,12,14,17,21,29,32H,8,11,13,28H2,1-2H3,(H,34,35)/t17-,21+/m1/s1. The first-order valence-corrected chi connectivity index (χ1v) is 11.3. The van der Waals surface area contributed by atoms with Crippen molar-refractivity contribution in [3.05, 3.63) is 71.4 Å². The zero-order chi connectivity index (χ0) is 26.4. The SMILES string of the molecule is CC(C)C[C@H](NC[C@@H](O)COc1cccc(C(=O)c2cnn(-c3ccc(F)cc3F)c2N)c1)C(=O)O. The summed E-state index contributed by atoms with van der Waals surface area (Å²) in [7, 11) is 0. The molecule has 3 aromatic rings. The maximum atomic E-state index is 14.1. The first kappa shape index (κ1) is 26.8. The van der Waals surface area contributed by atoms with Crippen LogP contribution in [0.15, 0.2) is 48.7 Å². The summed E-state index contributed by atoms with van der Waals surface area (Å²) in [6.07, 6.45) is 0.623. The number of benzene rings is 2. The van der Waals surface area contributed by atoms with Crippen LogP contribution < -0.4 is 15.8 Å². The van der Waals surface area contributed by atoms with Crippen molar-refractivity contribution in [3.63, 3.8) is 0 Å². The van der Waals surface area contributed by atoms with Crippen molar-refractivity contribution in [1.82, 2.24) is 15.1 Å². The van der Waals surface area contributed by atoms with Gasteiger partial charge in [0.2, 0.25) is 0 Å². The van der Waals surface area contributed by atoms with Crippen LogP contribution in [0.1, 0.15) is 36.2 Å². The number of nitrogen functional groups attached to an aromatic ring is 1. The van der Waals surface area contributed by atoms with Crippen molar-refractivity contribution < 1.29 is 33.3 Å². The number of ketones is 1. The van der Waals surface area contributed by atoms with Crippen LogP contribution in [-0.4, -0.2) is 57.0 Å². The number of carboxylic acids is 1. The number of aliphatic hydroxyl groups is 1. The fourth-order valence-electron chi connectivity index (χ4n) is 3.53. The van der Waals surface area contributed by atoms with Gasteiger partial charge in [-0.1, -0.05) is 26.0 Å². The van der Waals surface area contributed by atoms with Crippen molar-refractivity contribution in [1.29, 1.82) is 0 Å². The molecule has 0 saturated heterocycles. The topological polar surface area (TPSA) is 140 Å². The quantitative estimate of drug-likeness (QED) is 0.277. The average Bonchev–Trinajstić information content (AvgIpc) is 3.20. The molecule has 1 aromatic heterocycles. The van der Waals surface area contributed by atoms with Crippen molar-refractivity contribution in [2.24, 2.45) is 5.92 Å². The number of carbonyl (C=O) groups excluding carboxylic acids is 1. The van der Waals surface area contributed by atoms with E-state index in [0.29, 0.717) is 18.2 Å². The van der Waals surface area contributed by atoms with E-state index in [2.05, 4.69) is 10.4 Å². The number of anilines is 1. The van der Waals surface area contributed by atoms with E-state index in [9.17, 15) is 28.6 Å². The number of ether oxygens (including phenoxy) is 1. The fourth-order valence-corrected chi connectivity index (χ4v) is 3.53. The molecule has 2 atom stereocenters. The van der Waals surface area contributed by atoms with E-state index in [1.54, 1.807) is 12.1 Å². The highest BCUT2D eigenvalue weighted by Gasteiger charge is 2.21. The van der Waals surface area contributed by atoms with Crippen LogP contribution in [0.3, 0.4) is 0 Å². The number of rotatable bonds is 12. The van der Waals surface area contributed by atoms with Gasteiger partial charge in [0.1, 0.15) is 41.8 Å². The second-order valence-corrected chi connectivity index (χ2v) is 8.70. The largest absolute Gasteiger partial charge is 0.491 e. The minimum Gasteiger partial charge on any atom is -0.491 e. The molecular weight excluding hydrogens is 474 g/mol. The van der Waals surface area contributed by atoms with E-state index in [-0.39, 0.29) is 41.7 Å².